The Morgan fingerprint density at radius 2 is 2.19 bits per heavy atom. The summed E-state index contributed by atoms with van der Waals surface area (Å²) in [6.07, 6.45) is 0. The lowest BCUT2D eigenvalue weighted by Gasteiger charge is -2.07. The molecule has 0 amide bonds. The summed E-state index contributed by atoms with van der Waals surface area (Å²) in [6, 6.07) is 6.93. The maximum absolute atomic E-state index is 12.1. The molecule has 112 valence electrons. The Morgan fingerprint density at radius 3 is 2.86 bits per heavy atom. The summed E-state index contributed by atoms with van der Waals surface area (Å²) < 4.78 is 35.1. The number of aromatic nitrogens is 2. The summed E-state index contributed by atoms with van der Waals surface area (Å²) in [5, 5.41) is 0.450. The van der Waals surface area contributed by atoms with Gasteiger partial charge < -0.3 is 4.74 Å². The van der Waals surface area contributed by atoms with Gasteiger partial charge in [-0.25, -0.2) is 9.71 Å². The van der Waals surface area contributed by atoms with Gasteiger partial charge >= 0.3 is 0 Å². The first-order valence-corrected chi connectivity index (χ1v) is 8.50. The quantitative estimate of drug-likeness (QED) is 0.814. The highest BCUT2D eigenvalue weighted by atomic mass is 35.5. The monoisotopic (exact) mass is 345 g/mol. The Kier molecular flexibility index (Phi) is 4.81. The van der Waals surface area contributed by atoms with Crippen LogP contribution in [0.15, 0.2) is 41.1 Å². The van der Waals surface area contributed by atoms with E-state index in [1.54, 1.807) is 31.2 Å². The van der Waals surface area contributed by atoms with Crippen LogP contribution in [0.4, 0.5) is 0 Å². The average molecular weight is 346 g/mol. The molecule has 0 bridgehead atoms. The first-order valence-electron chi connectivity index (χ1n) is 5.87. The molecule has 21 heavy (non-hydrogen) atoms. The second-order valence-electron chi connectivity index (χ2n) is 3.83. The summed E-state index contributed by atoms with van der Waals surface area (Å²) in [5.74, 6) is 0.194. The third kappa shape index (κ3) is 3.72. The van der Waals surface area contributed by atoms with E-state index in [1.807, 2.05) is 0 Å². The Morgan fingerprint density at radius 1 is 1.48 bits per heavy atom. The van der Waals surface area contributed by atoms with Crippen LogP contribution >= 0.6 is 23.1 Å². The fourth-order valence-corrected chi connectivity index (χ4v) is 3.40. The van der Waals surface area contributed by atoms with Gasteiger partial charge in [0.05, 0.1) is 11.6 Å². The lowest BCUT2D eigenvalue weighted by atomic mass is 10.2. The first kappa shape index (κ1) is 15.7. The van der Waals surface area contributed by atoms with Crippen LogP contribution in [-0.2, 0) is 14.8 Å². The zero-order valence-corrected chi connectivity index (χ0v) is 13.4. The van der Waals surface area contributed by atoms with Crippen molar-refractivity contribution in [1.82, 2.24) is 14.1 Å². The third-order valence-electron chi connectivity index (χ3n) is 2.32. The third-order valence-corrected chi connectivity index (χ3v) is 5.09. The van der Waals surface area contributed by atoms with Crippen molar-refractivity contribution in [3.05, 3.63) is 41.8 Å². The number of hydrogen-bond donors (Lipinski definition) is 1. The molecule has 9 heteroatoms. The number of rotatable bonds is 6. The molecular formula is C12H12ClN3O3S2. The van der Waals surface area contributed by atoms with E-state index in [0.717, 1.165) is 11.5 Å². The minimum atomic E-state index is -3.85. The predicted molar refractivity (Wildman–Crippen MR) is 81.4 cm³/mol. The number of nitrogens with one attached hydrogen (secondary N) is 1. The fourth-order valence-electron chi connectivity index (χ4n) is 1.47. The smallest absolute Gasteiger partial charge is 0.293 e. The fraction of sp³-hybridized carbons (Fsp3) is 0.167. The van der Waals surface area contributed by atoms with Crippen molar-refractivity contribution in [1.29, 1.82) is 0 Å². The Hall–Kier alpha value is -1.64. The Labute approximate surface area is 131 Å². The molecule has 1 N–H and O–H groups in total. The molecule has 2 aromatic rings. The molecule has 0 saturated carbocycles. The summed E-state index contributed by atoms with van der Waals surface area (Å²) in [7, 11) is -3.85. The van der Waals surface area contributed by atoms with E-state index in [-0.39, 0.29) is 16.0 Å². The van der Waals surface area contributed by atoms with Crippen LogP contribution in [0.5, 0.6) is 0 Å². The lowest BCUT2D eigenvalue weighted by molar-refractivity contribution is 0.220. The van der Waals surface area contributed by atoms with Gasteiger partial charge in [0.2, 0.25) is 4.34 Å². The van der Waals surface area contributed by atoms with Crippen LogP contribution in [0.25, 0.3) is 11.4 Å². The van der Waals surface area contributed by atoms with Gasteiger partial charge in [0, 0.05) is 17.1 Å². The highest BCUT2D eigenvalue weighted by Gasteiger charge is 2.22. The molecule has 0 spiro atoms. The summed E-state index contributed by atoms with van der Waals surface area (Å²) in [6.45, 7) is 5.49. The van der Waals surface area contributed by atoms with Gasteiger partial charge in [-0.15, -0.1) is 0 Å². The normalized spacial score (nSPS) is 11.1. The number of halogens is 1. The molecule has 6 nitrogen and oxygen atoms in total. The van der Waals surface area contributed by atoms with Gasteiger partial charge in [0.1, 0.15) is 0 Å². The van der Waals surface area contributed by atoms with Crippen molar-refractivity contribution in [3.63, 3.8) is 0 Å². The lowest BCUT2D eigenvalue weighted by Crippen LogP contribution is -2.23. The largest absolute Gasteiger partial charge is 0.479 e. The van der Waals surface area contributed by atoms with Crippen molar-refractivity contribution in [2.75, 3.05) is 6.61 Å². The van der Waals surface area contributed by atoms with E-state index >= 15 is 0 Å². The molecule has 0 aliphatic carbocycles. The second-order valence-corrected chi connectivity index (χ2v) is 6.84. The van der Waals surface area contributed by atoms with E-state index in [1.165, 1.54) is 0 Å². The number of benzene rings is 1. The van der Waals surface area contributed by atoms with Crippen LogP contribution in [-0.4, -0.2) is 24.4 Å². The first-order chi connectivity index (χ1) is 9.94. The number of ether oxygens (including phenoxy) is 1. The molecule has 0 aliphatic rings. The topological polar surface area (TPSA) is 81.2 Å². The predicted octanol–water partition coefficient (Wildman–Crippen LogP) is 2.64. The van der Waals surface area contributed by atoms with Crippen molar-refractivity contribution < 1.29 is 13.2 Å². The standard InChI is InChI=1S/C12H12ClN3O3S2/c1-3-19-8(2)16-21(17,18)12-14-11(15-20-12)9-6-4-5-7-10(9)13/h4-7,16H,2-3H2,1H3. The van der Waals surface area contributed by atoms with Gasteiger partial charge in [-0.3, -0.25) is 0 Å². The van der Waals surface area contributed by atoms with Crippen LogP contribution in [0, 0.1) is 0 Å². The number of nitrogens with zero attached hydrogens (tertiary/aromatic N) is 2. The van der Waals surface area contributed by atoms with Crippen LogP contribution in [0.3, 0.4) is 0 Å². The average Bonchev–Trinajstić information content (AvgIpc) is 2.89. The van der Waals surface area contributed by atoms with Gasteiger partial charge in [0.25, 0.3) is 10.0 Å². The zero-order chi connectivity index (χ0) is 15.5. The minimum Gasteiger partial charge on any atom is -0.479 e. The highest BCUT2D eigenvalue weighted by Crippen LogP contribution is 2.27. The summed E-state index contributed by atoms with van der Waals surface area (Å²) in [5.41, 5.74) is 0.570. The Bertz CT molecular complexity index is 759. The Balaban J connectivity index is 2.28. The van der Waals surface area contributed by atoms with E-state index in [2.05, 4.69) is 20.7 Å². The molecule has 0 saturated heterocycles. The van der Waals surface area contributed by atoms with E-state index in [4.69, 9.17) is 16.3 Å². The van der Waals surface area contributed by atoms with E-state index in [0.29, 0.717) is 17.2 Å². The van der Waals surface area contributed by atoms with Crippen LogP contribution in [0.1, 0.15) is 6.92 Å². The number of hydrogen-bond acceptors (Lipinski definition) is 6. The molecule has 0 radical (unpaired) electrons. The molecule has 1 aromatic heterocycles. The second kappa shape index (κ2) is 6.42. The van der Waals surface area contributed by atoms with Crippen LogP contribution in [0.2, 0.25) is 5.02 Å². The molecule has 1 aromatic carbocycles. The molecule has 0 aliphatic heterocycles. The van der Waals surface area contributed by atoms with E-state index in [9.17, 15) is 8.42 Å². The summed E-state index contributed by atoms with van der Waals surface area (Å²) in [4.78, 5) is 4.00. The highest BCUT2D eigenvalue weighted by molar-refractivity contribution is 7.91. The maximum Gasteiger partial charge on any atom is 0.293 e. The molecular weight excluding hydrogens is 334 g/mol. The van der Waals surface area contributed by atoms with E-state index < -0.39 is 10.0 Å². The molecule has 0 fully saturated rings. The molecule has 0 unspecified atom stereocenters. The van der Waals surface area contributed by atoms with Gasteiger partial charge in [0.15, 0.2) is 11.7 Å². The molecule has 2 rings (SSSR count). The zero-order valence-electron chi connectivity index (χ0n) is 11.0. The van der Waals surface area contributed by atoms with Gasteiger partial charge in [-0.05, 0) is 25.6 Å². The molecule has 1 heterocycles. The van der Waals surface area contributed by atoms with Gasteiger partial charge in [-0.1, -0.05) is 23.7 Å². The summed E-state index contributed by atoms with van der Waals surface area (Å²) >= 11 is 6.79. The van der Waals surface area contributed by atoms with Crippen molar-refractivity contribution >= 4 is 33.2 Å². The maximum atomic E-state index is 12.1. The SMILES string of the molecule is C=C(NS(=O)(=O)c1nc(-c2ccccc2Cl)ns1)OCC. The van der Waals surface area contributed by atoms with Crippen molar-refractivity contribution in [2.24, 2.45) is 0 Å². The van der Waals surface area contributed by atoms with Crippen LogP contribution < -0.4 is 4.72 Å². The van der Waals surface area contributed by atoms with Crippen molar-refractivity contribution in [3.8, 4) is 11.4 Å². The minimum absolute atomic E-state index is 0.0630. The van der Waals surface area contributed by atoms with Gasteiger partial charge in [-0.2, -0.15) is 12.8 Å². The molecule has 0 atom stereocenters. The number of sulfonamides is 1. The van der Waals surface area contributed by atoms with Crippen molar-refractivity contribution in [2.45, 2.75) is 11.3 Å².